The molecule has 0 fully saturated rings. The van der Waals surface area contributed by atoms with E-state index in [4.69, 9.17) is 5.73 Å². The van der Waals surface area contributed by atoms with Crippen molar-refractivity contribution >= 4 is 28.2 Å². The molecular weight excluding hydrogens is 246 g/mol. The average molecular weight is 256 g/mol. The SMILES string of the molecule is CN(N=Cc1ccc(Br)cc1)C(N)=O. The maximum Gasteiger partial charge on any atom is 0.334 e. The van der Waals surface area contributed by atoms with E-state index < -0.39 is 6.03 Å². The molecule has 0 aliphatic heterocycles. The summed E-state index contributed by atoms with van der Waals surface area (Å²) in [5.74, 6) is 0. The highest BCUT2D eigenvalue weighted by atomic mass is 79.9. The maximum atomic E-state index is 10.6. The molecule has 1 aromatic carbocycles. The Bertz CT molecular complexity index is 348. The van der Waals surface area contributed by atoms with Crippen LogP contribution in [0.2, 0.25) is 0 Å². The van der Waals surface area contributed by atoms with Gasteiger partial charge < -0.3 is 5.73 Å². The number of hydrogen-bond acceptors (Lipinski definition) is 2. The molecule has 0 unspecified atom stereocenters. The minimum absolute atomic E-state index is 0.585. The van der Waals surface area contributed by atoms with Crippen molar-refractivity contribution in [1.29, 1.82) is 0 Å². The lowest BCUT2D eigenvalue weighted by Crippen LogP contribution is -2.27. The summed E-state index contributed by atoms with van der Waals surface area (Å²) in [5, 5.41) is 4.91. The zero-order valence-corrected chi connectivity index (χ0v) is 9.23. The van der Waals surface area contributed by atoms with Crippen LogP contribution in [0.1, 0.15) is 5.56 Å². The quantitative estimate of drug-likeness (QED) is 0.636. The van der Waals surface area contributed by atoms with Gasteiger partial charge in [-0.05, 0) is 17.7 Å². The second-order valence-corrected chi connectivity index (χ2v) is 3.57. The van der Waals surface area contributed by atoms with Gasteiger partial charge in [-0.1, -0.05) is 28.1 Å². The Labute approximate surface area is 90.5 Å². The first kappa shape index (κ1) is 10.7. The van der Waals surface area contributed by atoms with Crippen molar-refractivity contribution in [1.82, 2.24) is 5.01 Å². The van der Waals surface area contributed by atoms with Crippen LogP contribution >= 0.6 is 15.9 Å². The van der Waals surface area contributed by atoms with Crippen LogP contribution in [0.3, 0.4) is 0 Å². The Morgan fingerprint density at radius 1 is 1.50 bits per heavy atom. The van der Waals surface area contributed by atoms with E-state index in [1.807, 2.05) is 24.3 Å². The Kier molecular flexibility index (Phi) is 3.64. The van der Waals surface area contributed by atoms with Gasteiger partial charge in [0.1, 0.15) is 0 Å². The number of rotatable bonds is 2. The number of carbonyl (C=O) groups excluding carboxylic acids is 1. The molecule has 2 amide bonds. The first-order chi connectivity index (χ1) is 6.59. The molecule has 0 saturated carbocycles. The van der Waals surface area contributed by atoms with Crippen LogP contribution in [0.15, 0.2) is 33.8 Å². The van der Waals surface area contributed by atoms with Crippen LogP contribution in [-0.2, 0) is 0 Å². The van der Waals surface area contributed by atoms with Crippen LogP contribution < -0.4 is 5.73 Å². The molecule has 1 rings (SSSR count). The van der Waals surface area contributed by atoms with Crippen LogP contribution in [0, 0.1) is 0 Å². The topological polar surface area (TPSA) is 58.7 Å². The molecule has 0 saturated heterocycles. The Morgan fingerprint density at radius 3 is 2.57 bits per heavy atom. The van der Waals surface area contributed by atoms with Crippen LogP contribution in [-0.4, -0.2) is 24.3 Å². The summed E-state index contributed by atoms with van der Waals surface area (Å²) in [5.41, 5.74) is 5.89. The van der Waals surface area contributed by atoms with Crippen LogP contribution in [0.25, 0.3) is 0 Å². The zero-order valence-electron chi connectivity index (χ0n) is 7.64. The summed E-state index contributed by atoms with van der Waals surface area (Å²) < 4.78 is 0.998. The Hall–Kier alpha value is -1.36. The second-order valence-electron chi connectivity index (χ2n) is 2.66. The van der Waals surface area contributed by atoms with Crippen molar-refractivity contribution in [2.45, 2.75) is 0 Å². The summed E-state index contributed by atoms with van der Waals surface area (Å²) in [6.45, 7) is 0. The fourth-order valence-electron chi connectivity index (χ4n) is 0.759. The zero-order chi connectivity index (χ0) is 10.6. The molecule has 0 radical (unpaired) electrons. The number of carbonyl (C=O) groups is 1. The summed E-state index contributed by atoms with van der Waals surface area (Å²) >= 11 is 3.32. The third-order valence-electron chi connectivity index (χ3n) is 1.57. The van der Waals surface area contributed by atoms with Gasteiger partial charge >= 0.3 is 6.03 Å². The average Bonchev–Trinajstić information content (AvgIpc) is 2.16. The van der Waals surface area contributed by atoms with E-state index in [0.717, 1.165) is 15.0 Å². The van der Waals surface area contributed by atoms with Crippen molar-refractivity contribution in [2.24, 2.45) is 10.8 Å². The normalized spacial score (nSPS) is 10.4. The molecule has 0 aromatic heterocycles. The molecule has 0 atom stereocenters. The van der Waals surface area contributed by atoms with Gasteiger partial charge in [-0.3, -0.25) is 0 Å². The lowest BCUT2D eigenvalue weighted by molar-refractivity contribution is 0.220. The third-order valence-corrected chi connectivity index (χ3v) is 2.10. The fourth-order valence-corrected chi connectivity index (χ4v) is 1.02. The summed E-state index contributed by atoms with van der Waals surface area (Å²) in [4.78, 5) is 10.6. The molecule has 2 N–H and O–H groups in total. The minimum Gasteiger partial charge on any atom is -0.350 e. The van der Waals surface area contributed by atoms with E-state index >= 15 is 0 Å². The monoisotopic (exact) mass is 255 g/mol. The van der Waals surface area contributed by atoms with Gasteiger partial charge in [-0.15, -0.1) is 0 Å². The van der Waals surface area contributed by atoms with E-state index in [1.54, 1.807) is 6.21 Å². The number of hydrogen-bond donors (Lipinski definition) is 1. The lowest BCUT2D eigenvalue weighted by atomic mass is 10.2. The van der Waals surface area contributed by atoms with Crippen molar-refractivity contribution in [3.05, 3.63) is 34.3 Å². The van der Waals surface area contributed by atoms with E-state index in [0.29, 0.717) is 0 Å². The van der Waals surface area contributed by atoms with Gasteiger partial charge in [0.25, 0.3) is 0 Å². The molecule has 0 bridgehead atoms. The molecule has 0 aliphatic carbocycles. The molecule has 74 valence electrons. The number of primary amides is 1. The number of benzene rings is 1. The van der Waals surface area contributed by atoms with Crippen molar-refractivity contribution in [3.63, 3.8) is 0 Å². The van der Waals surface area contributed by atoms with Gasteiger partial charge in [0, 0.05) is 11.5 Å². The van der Waals surface area contributed by atoms with Gasteiger partial charge in [0.05, 0.1) is 6.21 Å². The number of urea groups is 1. The highest BCUT2D eigenvalue weighted by Crippen LogP contribution is 2.09. The highest BCUT2D eigenvalue weighted by Gasteiger charge is 1.97. The number of nitrogens with two attached hydrogens (primary N) is 1. The highest BCUT2D eigenvalue weighted by molar-refractivity contribution is 9.10. The summed E-state index contributed by atoms with van der Waals surface area (Å²) in [6.07, 6.45) is 1.57. The van der Waals surface area contributed by atoms with Crippen molar-refractivity contribution in [2.75, 3.05) is 7.05 Å². The van der Waals surface area contributed by atoms with E-state index in [1.165, 1.54) is 7.05 Å². The molecule has 4 nitrogen and oxygen atoms in total. The molecular formula is C9H10BrN3O. The fraction of sp³-hybridized carbons (Fsp3) is 0.111. The third kappa shape index (κ3) is 3.18. The number of halogens is 1. The largest absolute Gasteiger partial charge is 0.350 e. The summed E-state index contributed by atoms with van der Waals surface area (Å²) in [6, 6.07) is 6.96. The molecule has 1 aromatic rings. The van der Waals surface area contributed by atoms with Crippen LogP contribution in [0.4, 0.5) is 4.79 Å². The molecule has 0 spiro atoms. The van der Waals surface area contributed by atoms with Gasteiger partial charge in [0.15, 0.2) is 0 Å². The van der Waals surface area contributed by atoms with Gasteiger partial charge in [-0.25, -0.2) is 9.80 Å². The Balaban J connectivity index is 2.69. The van der Waals surface area contributed by atoms with Gasteiger partial charge in [0.2, 0.25) is 0 Å². The van der Waals surface area contributed by atoms with E-state index in [9.17, 15) is 4.79 Å². The van der Waals surface area contributed by atoms with Gasteiger partial charge in [-0.2, -0.15) is 5.10 Å². The predicted octanol–water partition coefficient (Wildman–Crippen LogP) is 1.79. The molecule has 14 heavy (non-hydrogen) atoms. The maximum absolute atomic E-state index is 10.6. The minimum atomic E-state index is -0.585. The second kappa shape index (κ2) is 4.76. The number of amides is 2. The molecule has 5 heteroatoms. The number of nitrogens with zero attached hydrogens (tertiary/aromatic N) is 2. The predicted molar refractivity (Wildman–Crippen MR) is 59.1 cm³/mol. The smallest absolute Gasteiger partial charge is 0.334 e. The van der Waals surface area contributed by atoms with Crippen molar-refractivity contribution in [3.8, 4) is 0 Å². The Morgan fingerprint density at radius 2 is 2.07 bits per heavy atom. The van der Waals surface area contributed by atoms with E-state index in [-0.39, 0.29) is 0 Å². The molecule has 0 aliphatic rings. The molecule has 0 heterocycles. The van der Waals surface area contributed by atoms with Crippen LogP contribution in [0.5, 0.6) is 0 Å². The first-order valence-corrected chi connectivity index (χ1v) is 4.71. The summed E-state index contributed by atoms with van der Waals surface area (Å²) in [7, 11) is 1.50. The van der Waals surface area contributed by atoms with Crippen molar-refractivity contribution < 1.29 is 4.79 Å². The first-order valence-electron chi connectivity index (χ1n) is 3.92. The number of hydrazone groups is 1. The standard InChI is InChI=1S/C9H10BrN3O/c1-13(9(11)14)12-6-7-2-4-8(10)5-3-7/h2-6H,1H3,(H2,11,14). The van der Waals surface area contributed by atoms with E-state index in [2.05, 4.69) is 21.0 Å². The lowest BCUT2D eigenvalue weighted by Gasteiger charge is -2.05.